The summed E-state index contributed by atoms with van der Waals surface area (Å²) in [6, 6.07) is 0. The molecule has 8 heavy (non-hydrogen) atoms. The monoisotopic (exact) mass is 152 g/mol. The molecule has 46 valence electrons. The van der Waals surface area contributed by atoms with Gasteiger partial charge in [-0.3, -0.25) is 0 Å². The second-order valence-electron chi connectivity index (χ2n) is 1.89. The van der Waals surface area contributed by atoms with Crippen LogP contribution in [-0.2, 0) is 4.57 Å². The van der Waals surface area contributed by atoms with Gasteiger partial charge in [-0.2, -0.15) is 0 Å². The third kappa shape index (κ3) is 1.41. The van der Waals surface area contributed by atoms with Gasteiger partial charge in [-0.25, -0.2) is 0 Å². The van der Waals surface area contributed by atoms with Gasteiger partial charge in [0, 0.05) is 13.1 Å². The molecule has 1 atom stereocenters. The molecule has 2 nitrogen and oxygen atoms in total. The predicted octanol–water partition coefficient (Wildman–Crippen LogP) is 1.98. The quantitative estimate of drug-likeness (QED) is 0.536. The lowest BCUT2D eigenvalue weighted by atomic mass is 10.4. The lowest BCUT2D eigenvalue weighted by Gasteiger charge is -1.91. The molecule has 0 N–H and O–H groups in total. The van der Waals surface area contributed by atoms with Crippen molar-refractivity contribution in [3.63, 3.8) is 0 Å². The fraction of sp³-hybridized carbons (Fsp3) is 1.00. The van der Waals surface area contributed by atoms with Gasteiger partial charge in [-0.05, 0) is 17.4 Å². The fourth-order valence-corrected chi connectivity index (χ4v) is 1.91. The van der Waals surface area contributed by atoms with E-state index in [2.05, 4.69) is 0 Å². The fourth-order valence-electron chi connectivity index (χ4n) is 0.858. The summed E-state index contributed by atoms with van der Waals surface area (Å²) < 4.78 is 12.3. The highest BCUT2D eigenvalue weighted by molar-refractivity contribution is 7.71. The van der Waals surface area contributed by atoms with Crippen LogP contribution in [0.25, 0.3) is 0 Å². The van der Waals surface area contributed by atoms with Crippen LogP contribution in [0.2, 0.25) is 0 Å². The van der Waals surface area contributed by atoms with Crippen LogP contribution in [0.3, 0.4) is 0 Å². The van der Waals surface area contributed by atoms with Crippen molar-refractivity contribution >= 4 is 18.5 Å². The number of nitrogens with zero attached hydrogens (tertiary/aromatic N) is 1. The minimum Gasteiger partial charge on any atom is -0.0801 e. The first-order chi connectivity index (χ1) is 3.80. The molecule has 0 saturated carbocycles. The van der Waals surface area contributed by atoms with Crippen molar-refractivity contribution in [1.29, 1.82) is 0 Å². The summed E-state index contributed by atoms with van der Waals surface area (Å²) in [5.41, 5.74) is 0. The van der Waals surface area contributed by atoms with Crippen LogP contribution in [-0.4, -0.2) is 17.8 Å². The van der Waals surface area contributed by atoms with Crippen LogP contribution in [0.1, 0.15) is 12.8 Å². The molecule has 0 radical (unpaired) electrons. The van der Waals surface area contributed by atoms with Gasteiger partial charge in [0.15, 0.2) is 0 Å². The van der Waals surface area contributed by atoms with Crippen LogP contribution < -0.4 is 0 Å². The molecule has 0 spiro atoms. The Hall–Kier alpha value is 0.350. The zero-order chi connectivity index (χ0) is 5.98. The van der Waals surface area contributed by atoms with E-state index in [9.17, 15) is 4.57 Å². The van der Waals surface area contributed by atoms with E-state index in [0.717, 1.165) is 25.9 Å². The van der Waals surface area contributed by atoms with Crippen LogP contribution in [0.4, 0.5) is 0 Å². The lowest BCUT2D eigenvalue weighted by Crippen LogP contribution is -2.05. The molecule has 1 rings (SSSR count). The number of rotatable bonds is 1. The summed E-state index contributed by atoms with van der Waals surface area (Å²) in [7, 11) is -1.55. The van der Waals surface area contributed by atoms with Crippen LogP contribution >= 0.6 is 18.5 Å². The van der Waals surface area contributed by atoms with Crippen molar-refractivity contribution in [2.75, 3.05) is 13.1 Å². The number of hydrogen-bond acceptors (Lipinski definition) is 1. The molecule has 1 aliphatic rings. The van der Waals surface area contributed by atoms with Crippen molar-refractivity contribution in [1.82, 2.24) is 4.67 Å². The third-order valence-electron chi connectivity index (χ3n) is 1.30. The van der Waals surface area contributed by atoms with Gasteiger partial charge >= 0.3 is 7.30 Å². The smallest absolute Gasteiger partial charge is 0.0801 e. The van der Waals surface area contributed by atoms with E-state index in [-0.39, 0.29) is 0 Å². The molecule has 0 aromatic carbocycles. The summed E-state index contributed by atoms with van der Waals surface area (Å²) in [5.74, 6) is 0. The molecule has 0 bridgehead atoms. The van der Waals surface area contributed by atoms with E-state index in [1.807, 2.05) is 0 Å². The summed E-state index contributed by atoms with van der Waals surface area (Å²) >= 11 is 5.32. The Labute approximate surface area is 54.4 Å². The maximum atomic E-state index is 10.5. The van der Waals surface area contributed by atoms with Crippen molar-refractivity contribution < 1.29 is 4.57 Å². The predicted molar refractivity (Wildman–Crippen MR) is 34.3 cm³/mol. The third-order valence-corrected chi connectivity index (χ3v) is 2.79. The van der Waals surface area contributed by atoms with Gasteiger partial charge in [0.25, 0.3) is 0 Å². The Morgan fingerprint density at radius 1 is 1.38 bits per heavy atom. The topological polar surface area (TPSA) is 20.3 Å². The van der Waals surface area contributed by atoms with Crippen LogP contribution in [0.5, 0.6) is 0 Å². The van der Waals surface area contributed by atoms with Crippen LogP contribution in [0.15, 0.2) is 0 Å². The molecule has 1 unspecified atom stereocenters. The Bertz CT molecular complexity index is 102. The average molecular weight is 153 g/mol. The maximum Gasteiger partial charge on any atom is 0.556 e. The normalized spacial score (nSPS) is 23.9. The first-order valence-corrected chi connectivity index (χ1v) is 4.80. The Morgan fingerprint density at radius 3 is 2.12 bits per heavy atom. The van der Waals surface area contributed by atoms with Crippen molar-refractivity contribution in [3.8, 4) is 0 Å². The molecule has 0 amide bonds. The van der Waals surface area contributed by atoms with Gasteiger partial charge < -0.3 is 0 Å². The van der Waals surface area contributed by atoms with E-state index >= 15 is 0 Å². The molecule has 0 aliphatic carbocycles. The SMILES string of the molecule is O=[P+](Cl)N1CCCC1. The Balaban J connectivity index is 2.35. The van der Waals surface area contributed by atoms with E-state index in [1.54, 1.807) is 4.67 Å². The van der Waals surface area contributed by atoms with Gasteiger partial charge in [-0.15, -0.1) is 0 Å². The zero-order valence-electron chi connectivity index (χ0n) is 4.51. The van der Waals surface area contributed by atoms with E-state index in [4.69, 9.17) is 11.2 Å². The summed E-state index contributed by atoms with van der Waals surface area (Å²) in [5, 5.41) is 0. The summed E-state index contributed by atoms with van der Waals surface area (Å²) in [4.78, 5) is 0. The highest BCUT2D eigenvalue weighted by Crippen LogP contribution is 2.34. The molecule has 4 heteroatoms. The number of halogens is 1. The first kappa shape index (κ1) is 6.47. The molecule has 1 aliphatic heterocycles. The second-order valence-corrected chi connectivity index (χ2v) is 3.77. The standard InChI is InChI=1S/C4H8ClNOP/c5-8(7)6-3-1-2-4-6/h1-4H2/q+1. The average Bonchev–Trinajstić information content (AvgIpc) is 2.12. The van der Waals surface area contributed by atoms with Crippen molar-refractivity contribution in [2.45, 2.75) is 12.8 Å². The maximum absolute atomic E-state index is 10.5. The lowest BCUT2D eigenvalue weighted by molar-refractivity contribution is 0.506. The second kappa shape index (κ2) is 2.77. The van der Waals surface area contributed by atoms with Gasteiger partial charge in [0.2, 0.25) is 11.2 Å². The Morgan fingerprint density at radius 2 is 1.88 bits per heavy atom. The van der Waals surface area contributed by atoms with E-state index in [0.29, 0.717) is 0 Å². The zero-order valence-corrected chi connectivity index (χ0v) is 6.16. The molecular weight excluding hydrogens is 144 g/mol. The van der Waals surface area contributed by atoms with Gasteiger partial charge in [-0.1, -0.05) is 4.67 Å². The molecular formula is C4H8ClNOP+. The van der Waals surface area contributed by atoms with Gasteiger partial charge in [0.1, 0.15) is 0 Å². The highest BCUT2D eigenvalue weighted by Gasteiger charge is 2.28. The minimum absolute atomic E-state index is 0.915. The number of hydrogen-bond donors (Lipinski definition) is 0. The molecule has 0 aromatic heterocycles. The Kier molecular flexibility index (Phi) is 2.24. The molecule has 1 heterocycles. The van der Waals surface area contributed by atoms with E-state index < -0.39 is 7.30 Å². The van der Waals surface area contributed by atoms with Crippen molar-refractivity contribution in [3.05, 3.63) is 0 Å². The van der Waals surface area contributed by atoms with Gasteiger partial charge in [0.05, 0.1) is 0 Å². The summed E-state index contributed by atoms with van der Waals surface area (Å²) in [6.45, 7) is 1.83. The molecule has 1 saturated heterocycles. The highest BCUT2D eigenvalue weighted by atomic mass is 35.7. The minimum atomic E-state index is -1.55. The largest absolute Gasteiger partial charge is 0.556 e. The molecule has 1 fully saturated rings. The molecule has 0 aromatic rings. The van der Waals surface area contributed by atoms with Crippen LogP contribution in [0, 0.1) is 0 Å². The summed E-state index contributed by atoms with van der Waals surface area (Å²) in [6.07, 6.45) is 2.29. The van der Waals surface area contributed by atoms with E-state index in [1.165, 1.54) is 0 Å². The first-order valence-electron chi connectivity index (χ1n) is 2.68. The van der Waals surface area contributed by atoms with Crippen molar-refractivity contribution in [2.24, 2.45) is 0 Å².